The molecule has 0 rings (SSSR count). The van der Waals surface area contributed by atoms with Crippen LogP contribution in [0.2, 0.25) is 0 Å². The summed E-state index contributed by atoms with van der Waals surface area (Å²) < 4.78 is 102. The molecule has 0 heterocycles. The molecule has 17 heavy (non-hydrogen) atoms. The SMILES string of the molecule is O.[Er+3].[O-][Cl+3]([O-])([O-])[O-].[O-][Cl+3]([O-])([O-])[O-].[O-][Cl+3]([O-])([O-])[O-]. The molecule has 0 aliphatic heterocycles. The van der Waals surface area contributed by atoms with Gasteiger partial charge in [0.2, 0.25) is 0 Å². The van der Waals surface area contributed by atoms with Crippen LogP contribution >= 0.6 is 0 Å². The number of hydrogen-bond acceptors (Lipinski definition) is 12. The summed E-state index contributed by atoms with van der Waals surface area (Å²) in [5.74, 6) is 0. The van der Waals surface area contributed by atoms with Gasteiger partial charge in [0.15, 0.2) is 0 Å². The van der Waals surface area contributed by atoms with Crippen LogP contribution in [0.1, 0.15) is 0 Å². The summed E-state index contributed by atoms with van der Waals surface area (Å²) in [6.07, 6.45) is 0. The van der Waals surface area contributed by atoms with E-state index >= 15 is 0 Å². The average Bonchev–Trinajstić information content (AvgIpc) is 1.41. The Bertz CT molecular complexity index is 91.7. The van der Waals surface area contributed by atoms with Gasteiger partial charge in [0.05, 0.1) is 0 Å². The van der Waals surface area contributed by atoms with Gasteiger partial charge in [-0.15, -0.1) is 30.7 Å². The van der Waals surface area contributed by atoms with Gasteiger partial charge in [-0.05, 0) is 0 Å². The molecule has 0 amide bonds. The zero-order valence-electron chi connectivity index (χ0n) is 6.82. The third-order valence-electron chi connectivity index (χ3n) is 0. The van der Waals surface area contributed by atoms with E-state index in [1.165, 1.54) is 0 Å². The molecule has 1 radical (unpaired) electrons. The number of halogens is 3. The standard InChI is InChI=1S/3ClHO4.Er.H2O/c3*2-1(3,4)5;;/h3*(H,2,3,4,5);;1H2/q;;;+3;/p-3. The smallest absolute Gasteiger partial charge is 0.412 e. The van der Waals surface area contributed by atoms with Gasteiger partial charge in [-0.25, -0.2) is 55.9 Å². The van der Waals surface area contributed by atoms with E-state index in [4.69, 9.17) is 55.9 Å². The van der Waals surface area contributed by atoms with E-state index in [1.54, 1.807) is 0 Å². The zero-order chi connectivity index (χ0) is 13.5. The Balaban J connectivity index is -0.0000000400. The first-order chi connectivity index (χ1) is 6.00. The predicted molar refractivity (Wildman–Crippen MR) is 3.61 cm³/mol. The van der Waals surface area contributed by atoms with Crippen LogP contribution in [0.15, 0.2) is 0 Å². The summed E-state index contributed by atoms with van der Waals surface area (Å²) in [5, 5.41) is 0. The van der Waals surface area contributed by atoms with Gasteiger partial charge in [0.25, 0.3) is 0 Å². The molecule has 0 aliphatic rings. The maximum Gasteiger partial charge on any atom is 3.00 e. The maximum absolute atomic E-state index is 8.49. The quantitative estimate of drug-likeness (QED) is 0.310. The maximum atomic E-state index is 8.49. The molecule has 2 N–H and O–H groups in total. The molecule has 0 aliphatic carbocycles. The molecule has 0 spiro atoms. The molecule has 113 valence electrons. The van der Waals surface area contributed by atoms with Gasteiger partial charge in [-0.3, -0.25) is 0 Å². The van der Waals surface area contributed by atoms with Gasteiger partial charge in [-0.1, -0.05) is 0 Å². The van der Waals surface area contributed by atoms with Crippen molar-refractivity contribution in [2.75, 3.05) is 0 Å². The van der Waals surface area contributed by atoms with Gasteiger partial charge in [-0.2, -0.15) is 0 Å². The fraction of sp³-hybridized carbons (Fsp3) is 0. The van der Waals surface area contributed by atoms with E-state index in [1.807, 2.05) is 0 Å². The second-order valence-electron chi connectivity index (χ2n) is 1.13. The molecule has 0 atom stereocenters. The normalized spacial score (nSPS) is 10.6. The van der Waals surface area contributed by atoms with Crippen LogP contribution in [-0.2, 0) is 0 Å². The summed E-state index contributed by atoms with van der Waals surface area (Å²) in [6, 6.07) is 0. The fourth-order valence-electron chi connectivity index (χ4n) is 0. The molecule has 0 bridgehead atoms. The summed E-state index contributed by atoms with van der Waals surface area (Å²) in [4.78, 5) is 0. The Morgan fingerprint density at radius 3 is 0.353 bits per heavy atom. The fourth-order valence-corrected chi connectivity index (χ4v) is 0. The molecule has 0 unspecified atom stereocenters. The van der Waals surface area contributed by atoms with Crippen molar-refractivity contribution in [2.24, 2.45) is 0 Å². The van der Waals surface area contributed by atoms with Crippen molar-refractivity contribution < 1.29 is 129 Å². The van der Waals surface area contributed by atoms with Gasteiger partial charge in [0.1, 0.15) is 0 Å². The molecular weight excluding hydrogens is 482 g/mol. The van der Waals surface area contributed by atoms with E-state index in [9.17, 15) is 0 Å². The molecule has 0 fully saturated rings. The first-order valence-corrected chi connectivity index (χ1v) is 5.55. The minimum atomic E-state index is -4.94. The summed E-state index contributed by atoms with van der Waals surface area (Å²) >= 11 is 0. The van der Waals surface area contributed by atoms with Crippen molar-refractivity contribution in [3.05, 3.63) is 0 Å². The first-order valence-electron chi connectivity index (χ1n) is 1.85. The van der Waals surface area contributed by atoms with Crippen LogP contribution in [0, 0.1) is 68.0 Å². The van der Waals surface area contributed by atoms with Crippen LogP contribution in [0.4, 0.5) is 0 Å². The summed E-state index contributed by atoms with van der Waals surface area (Å²) in [6.45, 7) is 0. The van der Waals surface area contributed by atoms with Crippen LogP contribution < -0.4 is 55.9 Å². The van der Waals surface area contributed by atoms with E-state index in [0.29, 0.717) is 0 Å². The largest absolute Gasteiger partial charge is 3.00 e. The summed E-state index contributed by atoms with van der Waals surface area (Å²) in [7, 11) is -14.8. The Kier molecular flexibility index (Phi) is 23.1. The van der Waals surface area contributed by atoms with Crippen molar-refractivity contribution >= 4 is 0 Å². The van der Waals surface area contributed by atoms with Crippen LogP contribution in [0.25, 0.3) is 0 Å². The Morgan fingerprint density at radius 1 is 0.353 bits per heavy atom. The topological polar surface area (TPSA) is 308 Å². The Labute approximate surface area is 128 Å². The molecule has 0 aromatic carbocycles. The number of hydrogen-bond donors (Lipinski definition) is 0. The van der Waals surface area contributed by atoms with Crippen LogP contribution in [0.3, 0.4) is 0 Å². The van der Waals surface area contributed by atoms with Crippen molar-refractivity contribution in [1.82, 2.24) is 0 Å². The van der Waals surface area contributed by atoms with Crippen molar-refractivity contribution in [3.63, 3.8) is 0 Å². The van der Waals surface area contributed by atoms with Gasteiger partial charge in [0, 0.05) is 0 Å². The molecule has 0 saturated heterocycles. The van der Waals surface area contributed by atoms with E-state index in [0.717, 1.165) is 0 Å². The second kappa shape index (κ2) is 12.6. The van der Waals surface area contributed by atoms with Crippen molar-refractivity contribution in [2.45, 2.75) is 0 Å². The van der Waals surface area contributed by atoms with Crippen LogP contribution in [-0.4, -0.2) is 5.48 Å². The first kappa shape index (κ1) is 31.1. The Morgan fingerprint density at radius 2 is 0.353 bits per heavy atom. The minimum absolute atomic E-state index is 0. The molecular formula is H2Cl3ErO13. The third-order valence-corrected chi connectivity index (χ3v) is 0. The Hall–Kier alpha value is 1.60. The van der Waals surface area contributed by atoms with E-state index < -0.39 is 30.7 Å². The molecule has 0 saturated carbocycles. The minimum Gasteiger partial charge on any atom is -0.412 e. The van der Waals surface area contributed by atoms with Crippen molar-refractivity contribution in [1.29, 1.82) is 0 Å². The third kappa shape index (κ3) is 1680. The van der Waals surface area contributed by atoms with Crippen LogP contribution in [0.5, 0.6) is 0 Å². The average molecular weight is 484 g/mol. The van der Waals surface area contributed by atoms with E-state index in [2.05, 4.69) is 0 Å². The van der Waals surface area contributed by atoms with Gasteiger partial charge < -0.3 is 5.48 Å². The monoisotopic (exact) mass is 481 g/mol. The summed E-state index contributed by atoms with van der Waals surface area (Å²) in [5.41, 5.74) is 0. The molecule has 0 aromatic heterocycles. The number of rotatable bonds is 0. The predicted octanol–water partition coefficient (Wildman–Crippen LogP) is -15.1. The molecule has 17 heteroatoms. The van der Waals surface area contributed by atoms with E-state index in [-0.39, 0.29) is 42.8 Å². The second-order valence-corrected chi connectivity index (χ2v) is 3.40. The molecule has 0 aromatic rings. The van der Waals surface area contributed by atoms with Crippen molar-refractivity contribution in [3.8, 4) is 0 Å². The van der Waals surface area contributed by atoms with Gasteiger partial charge >= 0.3 is 37.3 Å². The molecule has 13 nitrogen and oxygen atoms in total. The zero-order valence-corrected chi connectivity index (χ0v) is 10.9.